The molecule has 2 heterocycles. The van der Waals surface area contributed by atoms with E-state index in [0.717, 1.165) is 25.7 Å². The fourth-order valence-corrected chi connectivity index (χ4v) is 6.26. The molecule has 0 amide bonds. The molecule has 8 atom stereocenters. The summed E-state index contributed by atoms with van der Waals surface area (Å²) in [5, 5.41) is 9.43. The van der Waals surface area contributed by atoms with Gasteiger partial charge in [-0.25, -0.2) is 0 Å². The van der Waals surface area contributed by atoms with Gasteiger partial charge in [0.15, 0.2) is 5.78 Å². The molecule has 5 heteroatoms. The lowest BCUT2D eigenvalue weighted by molar-refractivity contribution is -0.152. The number of aromatic amines is 1. The fraction of sp³-hybridized carbons (Fsp3) is 0.586. The van der Waals surface area contributed by atoms with E-state index in [2.05, 4.69) is 49.2 Å². The van der Waals surface area contributed by atoms with Crippen LogP contribution in [0.4, 0.5) is 0 Å². The van der Waals surface area contributed by atoms with Crippen molar-refractivity contribution >= 4 is 11.8 Å². The molecule has 5 nitrogen and oxygen atoms in total. The molecule has 34 heavy (non-hydrogen) atoms. The van der Waals surface area contributed by atoms with Crippen molar-refractivity contribution in [2.45, 2.75) is 71.5 Å². The summed E-state index contributed by atoms with van der Waals surface area (Å²) >= 11 is 0. The molecule has 0 aromatic carbocycles. The summed E-state index contributed by atoms with van der Waals surface area (Å²) in [6, 6.07) is 3.78. The number of carboxylic acids is 1. The number of hydrogen-bond donors (Lipinski definition) is 2. The van der Waals surface area contributed by atoms with Gasteiger partial charge in [-0.2, -0.15) is 0 Å². The molecule has 2 N–H and O–H groups in total. The second kappa shape index (κ2) is 10.9. The van der Waals surface area contributed by atoms with Crippen LogP contribution in [0.1, 0.15) is 69.8 Å². The van der Waals surface area contributed by atoms with Crippen molar-refractivity contribution in [1.29, 1.82) is 0 Å². The molecular formula is C29H39NO4. The predicted octanol–water partition coefficient (Wildman–Crippen LogP) is 6.21. The van der Waals surface area contributed by atoms with Gasteiger partial charge in [-0.1, -0.05) is 50.6 Å². The molecule has 1 saturated carbocycles. The van der Waals surface area contributed by atoms with Crippen LogP contribution < -0.4 is 0 Å². The van der Waals surface area contributed by atoms with Gasteiger partial charge in [-0.15, -0.1) is 0 Å². The van der Waals surface area contributed by atoms with Crippen molar-refractivity contribution in [3.8, 4) is 0 Å². The largest absolute Gasteiger partial charge is 0.481 e. The average molecular weight is 466 g/mol. The first-order valence-electron chi connectivity index (χ1n) is 13.0. The monoisotopic (exact) mass is 465 g/mol. The number of fused-ring (bicyclic) bond motifs is 1. The third-order valence-corrected chi connectivity index (χ3v) is 8.36. The van der Waals surface area contributed by atoms with Crippen LogP contribution in [0.15, 0.2) is 54.3 Å². The van der Waals surface area contributed by atoms with Gasteiger partial charge < -0.3 is 14.8 Å². The number of hydrogen-bond acceptors (Lipinski definition) is 3. The van der Waals surface area contributed by atoms with E-state index in [9.17, 15) is 14.7 Å². The van der Waals surface area contributed by atoms with E-state index >= 15 is 0 Å². The summed E-state index contributed by atoms with van der Waals surface area (Å²) in [5.41, 5.74) is 1.90. The number of H-pyrrole nitrogens is 1. The molecule has 184 valence electrons. The lowest BCUT2D eigenvalue weighted by atomic mass is 9.69. The fourth-order valence-electron chi connectivity index (χ4n) is 6.26. The normalized spacial score (nSPS) is 34.8. The number of allylic oxidation sites excluding steroid dienone is 5. The molecular weight excluding hydrogens is 426 g/mol. The molecule has 4 rings (SSSR count). The highest BCUT2D eigenvalue weighted by atomic mass is 16.5. The summed E-state index contributed by atoms with van der Waals surface area (Å²) in [6.45, 7) is 6.05. The maximum atomic E-state index is 13.4. The smallest absolute Gasteiger partial charge is 0.308 e. The van der Waals surface area contributed by atoms with Crippen LogP contribution >= 0.6 is 0 Å². The standard InChI is InChI=1S/C29H39NO4/c1-4-20(28-18(2)13-16-25(34-28)19(3)29(32)33)8-5-10-22-15-14-21-9-6-11-23(21)26(22)27(31)24-12-7-17-30-24/h5,7-8,10,12,14-15,17-19,21-23,25-26,28,30H,4,6,9,11,13,16H2,1-3H3,(H,32,33)/t18-,19+,21-,22-,23+,25+,26+,28+/m0/s1. The van der Waals surface area contributed by atoms with E-state index in [4.69, 9.17) is 4.74 Å². The molecule has 0 unspecified atom stereocenters. The van der Waals surface area contributed by atoms with Crippen molar-refractivity contribution < 1.29 is 19.4 Å². The lowest BCUT2D eigenvalue weighted by Crippen LogP contribution is -2.40. The summed E-state index contributed by atoms with van der Waals surface area (Å²) in [6.07, 6.45) is 18.6. The maximum absolute atomic E-state index is 13.4. The maximum Gasteiger partial charge on any atom is 0.308 e. The van der Waals surface area contributed by atoms with E-state index in [1.165, 1.54) is 18.4 Å². The summed E-state index contributed by atoms with van der Waals surface area (Å²) in [7, 11) is 0. The SMILES string of the molecule is CCC(=CC=C[C@H]1C=C[C@@H]2CCC[C@H]2[C@@H]1C(=O)c1ccc[nH]1)[C@@H]1O[C@@H]([C@@H](C)C(=O)O)CC[C@@H]1C. The van der Waals surface area contributed by atoms with Crippen LogP contribution in [-0.4, -0.2) is 34.1 Å². The van der Waals surface area contributed by atoms with Crippen LogP contribution in [0.25, 0.3) is 0 Å². The first-order valence-corrected chi connectivity index (χ1v) is 13.0. The first-order chi connectivity index (χ1) is 16.4. The number of nitrogens with one attached hydrogen (secondary N) is 1. The molecule has 1 aromatic rings. The zero-order valence-electron chi connectivity index (χ0n) is 20.7. The Morgan fingerprint density at radius 2 is 2.06 bits per heavy atom. The Bertz CT molecular complexity index is 943. The van der Waals surface area contributed by atoms with E-state index < -0.39 is 11.9 Å². The zero-order valence-corrected chi connectivity index (χ0v) is 20.7. The quantitative estimate of drug-likeness (QED) is 0.272. The van der Waals surface area contributed by atoms with Gasteiger partial charge in [0, 0.05) is 18.0 Å². The Labute approximate surface area is 203 Å². The van der Waals surface area contributed by atoms with Crippen LogP contribution in [0.5, 0.6) is 0 Å². The van der Waals surface area contributed by atoms with Crippen LogP contribution in [0, 0.1) is 35.5 Å². The Balaban J connectivity index is 1.53. The molecule has 1 saturated heterocycles. The van der Waals surface area contributed by atoms with Crippen molar-refractivity contribution in [3.63, 3.8) is 0 Å². The number of aromatic nitrogens is 1. The molecule has 2 aliphatic carbocycles. The molecule has 0 spiro atoms. The number of carbonyl (C=O) groups excluding carboxylic acids is 1. The number of ketones is 1. The zero-order chi connectivity index (χ0) is 24.2. The van der Waals surface area contributed by atoms with Gasteiger partial charge in [0.25, 0.3) is 0 Å². The van der Waals surface area contributed by atoms with Gasteiger partial charge in [-0.05, 0) is 74.5 Å². The summed E-state index contributed by atoms with van der Waals surface area (Å²) in [4.78, 5) is 28.0. The topological polar surface area (TPSA) is 79.4 Å². The Morgan fingerprint density at radius 1 is 1.24 bits per heavy atom. The lowest BCUT2D eigenvalue weighted by Gasteiger charge is -2.37. The van der Waals surface area contributed by atoms with Gasteiger partial charge in [0.05, 0.1) is 23.8 Å². The minimum absolute atomic E-state index is 0.0310. The van der Waals surface area contributed by atoms with Gasteiger partial charge in [0.2, 0.25) is 0 Å². The van der Waals surface area contributed by atoms with Crippen LogP contribution in [0.3, 0.4) is 0 Å². The average Bonchev–Trinajstić information content (AvgIpc) is 3.53. The number of aliphatic carboxylic acids is 1. The molecule has 1 aliphatic heterocycles. The van der Waals surface area contributed by atoms with Gasteiger partial charge >= 0.3 is 5.97 Å². The van der Waals surface area contributed by atoms with Crippen molar-refractivity contribution in [2.24, 2.45) is 35.5 Å². The summed E-state index contributed by atoms with van der Waals surface area (Å²) < 4.78 is 6.33. The van der Waals surface area contributed by atoms with Gasteiger partial charge in [0.1, 0.15) is 0 Å². The second-order valence-corrected chi connectivity index (χ2v) is 10.5. The molecule has 1 aromatic heterocycles. The van der Waals surface area contributed by atoms with Crippen molar-refractivity contribution in [1.82, 2.24) is 4.98 Å². The first kappa shape index (κ1) is 24.7. The number of rotatable bonds is 8. The highest BCUT2D eigenvalue weighted by Gasteiger charge is 2.42. The highest BCUT2D eigenvalue weighted by molar-refractivity contribution is 5.97. The van der Waals surface area contributed by atoms with E-state index in [0.29, 0.717) is 23.4 Å². The van der Waals surface area contributed by atoms with Crippen LogP contribution in [0.2, 0.25) is 0 Å². The molecule has 2 fully saturated rings. The molecule has 0 bridgehead atoms. The number of Topliss-reactive ketones (excluding diaryl/α,β-unsaturated/α-hetero) is 1. The summed E-state index contributed by atoms with van der Waals surface area (Å²) in [5.74, 6) is 0.237. The minimum Gasteiger partial charge on any atom is -0.481 e. The van der Waals surface area contributed by atoms with Crippen molar-refractivity contribution in [2.75, 3.05) is 0 Å². The second-order valence-electron chi connectivity index (χ2n) is 10.5. The van der Waals surface area contributed by atoms with Gasteiger partial charge in [-0.3, -0.25) is 9.59 Å². The van der Waals surface area contributed by atoms with E-state index in [-0.39, 0.29) is 29.8 Å². The molecule has 0 radical (unpaired) electrons. The number of carboxylic acid groups (broad SMARTS) is 1. The Kier molecular flexibility index (Phi) is 7.92. The Morgan fingerprint density at radius 3 is 2.76 bits per heavy atom. The van der Waals surface area contributed by atoms with E-state index in [1.54, 1.807) is 6.92 Å². The van der Waals surface area contributed by atoms with Crippen LogP contribution in [-0.2, 0) is 9.53 Å². The van der Waals surface area contributed by atoms with E-state index in [1.807, 2.05) is 18.3 Å². The third kappa shape index (κ3) is 5.14. The molecule has 3 aliphatic rings. The minimum atomic E-state index is -0.799. The Hall–Kier alpha value is -2.40. The number of ether oxygens (including phenoxy) is 1. The number of carbonyl (C=O) groups is 2. The predicted molar refractivity (Wildman–Crippen MR) is 133 cm³/mol. The third-order valence-electron chi connectivity index (χ3n) is 8.36. The van der Waals surface area contributed by atoms with Crippen molar-refractivity contribution in [3.05, 3.63) is 60.0 Å². The highest BCUT2D eigenvalue weighted by Crippen LogP contribution is 2.46.